The molecule has 0 spiro atoms. The normalized spacial score (nSPS) is 17.8. The molecule has 2 heterocycles. The molecule has 1 aromatic carbocycles. The van der Waals surface area contributed by atoms with E-state index in [-0.39, 0.29) is 5.91 Å². The first-order chi connectivity index (χ1) is 11.1. The van der Waals surface area contributed by atoms with Crippen LogP contribution in [0.4, 0.5) is 11.5 Å². The van der Waals surface area contributed by atoms with Crippen LogP contribution in [-0.2, 0) is 11.2 Å². The van der Waals surface area contributed by atoms with Crippen LogP contribution in [0.3, 0.4) is 0 Å². The smallest absolute Gasteiger partial charge is 0.227 e. The number of amides is 1. The van der Waals surface area contributed by atoms with Gasteiger partial charge in [-0.1, -0.05) is 18.2 Å². The molecular weight excluding hydrogens is 288 g/mol. The average Bonchev–Trinajstić information content (AvgIpc) is 2.90. The summed E-state index contributed by atoms with van der Waals surface area (Å²) in [5, 5.41) is 11.7. The summed E-state index contributed by atoms with van der Waals surface area (Å²) in [5.74, 6) is 1.27. The third kappa shape index (κ3) is 3.86. The highest BCUT2D eigenvalue weighted by atomic mass is 16.2. The number of nitrogens with zero attached hydrogens (tertiary/aromatic N) is 3. The highest BCUT2D eigenvalue weighted by Crippen LogP contribution is 2.26. The first-order valence-corrected chi connectivity index (χ1v) is 8.06. The minimum absolute atomic E-state index is 0.187. The van der Waals surface area contributed by atoms with Crippen molar-refractivity contribution in [2.75, 3.05) is 16.8 Å². The third-order valence-electron chi connectivity index (χ3n) is 3.93. The predicted octanol–water partition coefficient (Wildman–Crippen LogP) is 2.89. The fourth-order valence-electron chi connectivity index (χ4n) is 2.91. The molecule has 1 fully saturated rings. The highest BCUT2D eigenvalue weighted by Gasteiger charge is 2.30. The quantitative estimate of drug-likeness (QED) is 0.922. The van der Waals surface area contributed by atoms with Gasteiger partial charge in [0, 0.05) is 24.7 Å². The maximum Gasteiger partial charge on any atom is 0.227 e. The molecule has 3 rings (SSSR count). The van der Waals surface area contributed by atoms with Crippen molar-refractivity contribution >= 4 is 17.4 Å². The Hall–Kier alpha value is -2.43. The minimum Gasteiger partial charge on any atom is -0.366 e. The Morgan fingerprint density at radius 1 is 1.17 bits per heavy atom. The van der Waals surface area contributed by atoms with E-state index in [4.69, 9.17) is 0 Å². The summed E-state index contributed by atoms with van der Waals surface area (Å²) in [7, 11) is 0. The zero-order valence-electron chi connectivity index (χ0n) is 13.6. The van der Waals surface area contributed by atoms with E-state index in [1.807, 2.05) is 47.4 Å². The summed E-state index contributed by atoms with van der Waals surface area (Å²) in [4.78, 5) is 14.1. The molecule has 1 unspecified atom stereocenters. The van der Waals surface area contributed by atoms with E-state index in [1.54, 1.807) is 0 Å². The molecule has 5 nitrogen and oxygen atoms in total. The van der Waals surface area contributed by atoms with E-state index < -0.39 is 0 Å². The number of para-hydroxylation sites is 1. The van der Waals surface area contributed by atoms with Gasteiger partial charge in [-0.05, 0) is 50.5 Å². The van der Waals surface area contributed by atoms with Gasteiger partial charge in [0.1, 0.15) is 5.82 Å². The Labute approximate surface area is 136 Å². The molecule has 0 saturated carbocycles. The molecular formula is C18H22N4O. The van der Waals surface area contributed by atoms with E-state index in [1.165, 1.54) is 0 Å². The van der Waals surface area contributed by atoms with Gasteiger partial charge in [0.05, 0.1) is 5.69 Å². The van der Waals surface area contributed by atoms with Crippen LogP contribution in [0.25, 0.3) is 0 Å². The Bertz CT molecular complexity index is 654. The third-order valence-corrected chi connectivity index (χ3v) is 3.93. The molecule has 120 valence electrons. The lowest BCUT2D eigenvalue weighted by atomic mass is 10.0. The molecule has 1 saturated heterocycles. The number of hydrogen-bond acceptors (Lipinski definition) is 4. The Kier molecular flexibility index (Phi) is 4.55. The van der Waals surface area contributed by atoms with E-state index in [0.717, 1.165) is 30.2 Å². The number of nitrogens with one attached hydrogen (secondary N) is 1. The van der Waals surface area contributed by atoms with Crippen molar-refractivity contribution in [3.63, 3.8) is 0 Å². The first-order valence-electron chi connectivity index (χ1n) is 8.06. The second-order valence-corrected chi connectivity index (χ2v) is 6.32. The Morgan fingerprint density at radius 3 is 2.61 bits per heavy atom. The highest BCUT2D eigenvalue weighted by molar-refractivity contribution is 5.95. The second-order valence-electron chi connectivity index (χ2n) is 6.32. The first kappa shape index (κ1) is 15.5. The molecule has 0 radical (unpaired) electrons. The van der Waals surface area contributed by atoms with Gasteiger partial charge in [0.2, 0.25) is 5.91 Å². The molecule has 1 N–H and O–H groups in total. The maximum atomic E-state index is 12.2. The Morgan fingerprint density at radius 2 is 1.96 bits per heavy atom. The fourth-order valence-corrected chi connectivity index (χ4v) is 2.91. The number of carbonyl (C=O) groups is 1. The van der Waals surface area contributed by atoms with Gasteiger partial charge in [-0.3, -0.25) is 4.79 Å². The zero-order valence-corrected chi connectivity index (χ0v) is 13.6. The van der Waals surface area contributed by atoms with Crippen LogP contribution in [0, 0.1) is 5.92 Å². The van der Waals surface area contributed by atoms with Crippen LogP contribution in [0.2, 0.25) is 0 Å². The maximum absolute atomic E-state index is 12.2. The van der Waals surface area contributed by atoms with Crippen molar-refractivity contribution in [3.05, 3.63) is 48.2 Å². The van der Waals surface area contributed by atoms with Crippen LogP contribution in [0.1, 0.15) is 26.0 Å². The fraction of sp³-hybridized carbons (Fsp3) is 0.389. The lowest BCUT2D eigenvalue weighted by molar-refractivity contribution is -0.117. The molecule has 1 aromatic heterocycles. The largest absolute Gasteiger partial charge is 0.366 e. The molecule has 0 bridgehead atoms. The molecule has 1 amide bonds. The number of anilines is 2. The predicted molar refractivity (Wildman–Crippen MR) is 91.4 cm³/mol. The topological polar surface area (TPSA) is 58.1 Å². The zero-order chi connectivity index (χ0) is 16.2. The van der Waals surface area contributed by atoms with E-state index >= 15 is 0 Å². The van der Waals surface area contributed by atoms with E-state index in [9.17, 15) is 4.79 Å². The minimum atomic E-state index is 0.187. The number of carbonyl (C=O) groups excluding carboxylic acids is 1. The van der Waals surface area contributed by atoms with Gasteiger partial charge in [-0.15, -0.1) is 5.10 Å². The summed E-state index contributed by atoms with van der Waals surface area (Å²) in [6, 6.07) is 14.1. The molecule has 5 heteroatoms. The number of rotatable bonds is 5. The van der Waals surface area contributed by atoms with Crippen LogP contribution in [-0.4, -0.2) is 28.7 Å². The van der Waals surface area contributed by atoms with E-state index in [2.05, 4.69) is 29.4 Å². The second kappa shape index (κ2) is 6.77. The summed E-state index contributed by atoms with van der Waals surface area (Å²) < 4.78 is 0. The van der Waals surface area contributed by atoms with Crippen LogP contribution in [0.15, 0.2) is 42.5 Å². The molecule has 1 atom stereocenters. The molecule has 1 aliphatic heterocycles. The number of benzene rings is 1. The van der Waals surface area contributed by atoms with Crippen LogP contribution < -0.4 is 10.2 Å². The Balaban J connectivity index is 1.62. The van der Waals surface area contributed by atoms with Crippen molar-refractivity contribution in [1.82, 2.24) is 10.2 Å². The standard InChI is InChI=1S/C18H22N4O/c1-13(2)19-17-9-8-15(20-21-17)10-14-11-18(23)22(12-14)16-6-4-3-5-7-16/h3-9,13-14H,10-12H2,1-2H3,(H,19,21). The lowest BCUT2D eigenvalue weighted by Gasteiger charge is -2.16. The van der Waals surface area contributed by atoms with Gasteiger partial charge in [-0.2, -0.15) is 5.10 Å². The SMILES string of the molecule is CC(C)Nc1ccc(CC2CC(=O)N(c3ccccc3)C2)nn1. The summed E-state index contributed by atoms with van der Waals surface area (Å²) >= 11 is 0. The van der Waals surface area contributed by atoms with Crippen LogP contribution in [0.5, 0.6) is 0 Å². The number of hydrogen-bond donors (Lipinski definition) is 1. The molecule has 23 heavy (non-hydrogen) atoms. The van der Waals surface area contributed by atoms with Crippen molar-refractivity contribution in [2.24, 2.45) is 5.92 Å². The number of aromatic nitrogens is 2. The van der Waals surface area contributed by atoms with Crippen molar-refractivity contribution in [1.29, 1.82) is 0 Å². The monoisotopic (exact) mass is 310 g/mol. The summed E-state index contributed by atoms with van der Waals surface area (Å²) in [6.07, 6.45) is 1.35. The molecule has 0 aliphatic carbocycles. The van der Waals surface area contributed by atoms with Crippen molar-refractivity contribution in [2.45, 2.75) is 32.7 Å². The van der Waals surface area contributed by atoms with Gasteiger partial charge >= 0.3 is 0 Å². The van der Waals surface area contributed by atoms with Crippen LogP contribution >= 0.6 is 0 Å². The van der Waals surface area contributed by atoms with Crippen molar-refractivity contribution in [3.8, 4) is 0 Å². The summed E-state index contributed by atoms with van der Waals surface area (Å²) in [6.45, 7) is 4.88. The molecule has 1 aliphatic rings. The summed E-state index contributed by atoms with van der Waals surface area (Å²) in [5.41, 5.74) is 1.91. The molecule has 2 aromatic rings. The average molecular weight is 310 g/mol. The van der Waals surface area contributed by atoms with Gasteiger partial charge in [-0.25, -0.2) is 0 Å². The lowest BCUT2D eigenvalue weighted by Crippen LogP contribution is -2.24. The van der Waals surface area contributed by atoms with Crippen molar-refractivity contribution < 1.29 is 4.79 Å². The van der Waals surface area contributed by atoms with Gasteiger partial charge in [0.15, 0.2) is 0 Å². The van der Waals surface area contributed by atoms with E-state index in [0.29, 0.717) is 18.4 Å². The van der Waals surface area contributed by atoms with Gasteiger partial charge in [0.25, 0.3) is 0 Å². The van der Waals surface area contributed by atoms with Gasteiger partial charge < -0.3 is 10.2 Å².